The minimum Gasteiger partial charge on any atom is -0.478 e. The number of halogens is 4. The molecular weight excluding hydrogens is 248 g/mol. The predicted molar refractivity (Wildman–Crippen MR) is 45.7 cm³/mol. The van der Waals surface area contributed by atoms with Crippen LogP contribution in [0.1, 0.15) is 15.9 Å². The lowest BCUT2D eigenvalue weighted by atomic mass is 10.1. The molecule has 1 heterocycles. The second kappa shape index (κ2) is 4.53. The maximum absolute atomic E-state index is 13.0. The molecule has 3 N–H and O–H groups in total. The van der Waals surface area contributed by atoms with Crippen LogP contribution in [0, 0.1) is 5.95 Å². The van der Waals surface area contributed by atoms with E-state index in [1.807, 2.05) is 0 Å². The molecule has 0 radical (unpaired) electrons. The van der Waals surface area contributed by atoms with Crippen LogP contribution in [-0.4, -0.2) is 22.4 Å². The molecule has 0 saturated carbocycles. The van der Waals surface area contributed by atoms with Crippen LogP contribution in [0.3, 0.4) is 0 Å². The van der Waals surface area contributed by atoms with E-state index in [-0.39, 0.29) is 0 Å². The Hall–Kier alpha value is -1.90. The third-order valence-electron chi connectivity index (χ3n) is 1.74. The topological polar surface area (TPSA) is 85.4 Å². The van der Waals surface area contributed by atoms with Gasteiger partial charge in [-0.05, 0) is 0 Å². The first kappa shape index (κ1) is 13.2. The van der Waals surface area contributed by atoms with Crippen molar-refractivity contribution in [3.05, 3.63) is 23.3 Å². The van der Waals surface area contributed by atoms with E-state index >= 15 is 0 Å². The molecule has 0 atom stereocenters. The van der Waals surface area contributed by atoms with E-state index in [0.717, 1.165) is 0 Å². The van der Waals surface area contributed by atoms with Gasteiger partial charge in [0.25, 0.3) is 0 Å². The monoisotopic (exact) mass is 254 g/mol. The minimum absolute atomic E-state index is 0.428. The summed E-state index contributed by atoms with van der Waals surface area (Å²) in [7, 11) is 0. The zero-order valence-corrected chi connectivity index (χ0v) is 8.08. The molecule has 0 unspecified atom stereocenters. The minimum atomic E-state index is -5.04. The molecule has 0 aliphatic rings. The summed E-state index contributed by atoms with van der Waals surface area (Å²) in [5.74, 6) is -4.13. The number of carboxylic acid groups (broad SMARTS) is 1. The number of aromatic nitrogens is 1. The van der Waals surface area contributed by atoms with Crippen molar-refractivity contribution < 1.29 is 32.2 Å². The Morgan fingerprint density at radius 1 is 1.53 bits per heavy atom. The fourth-order valence-corrected chi connectivity index (χ4v) is 1.14. The van der Waals surface area contributed by atoms with Gasteiger partial charge in [0.2, 0.25) is 5.95 Å². The van der Waals surface area contributed by atoms with E-state index in [1.165, 1.54) is 0 Å². The fraction of sp³-hybridized carbons (Fsp3) is 0.250. The highest BCUT2D eigenvalue weighted by Crippen LogP contribution is 2.28. The fourth-order valence-electron chi connectivity index (χ4n) is 1.14. The highest BCUT2D eigenvalue weighted by molar-refractivity contribution is 5.90. The molecule has 1 rings (SSSR count). The molecule has 0 aliphatic carbocycles. The summed E-state index contributed by atoms with van der Waals surface area (Å²) in [6.45, 7) is -0.632. The number of hydrogen-bond acceptors (Lipinski definition) is 4. The van der Waals surface area contributed by atoms with Crippen molar-refractivity contribution in [3.8, 4) is 5.75 Å². The van der Waals surface area contributed by atoms with Gasteiger partial charge >= 0.3 is 12.3 Å². The first-order valence-corrected chi connectivity index (χ1v) is 4.12. The van der Waals surface area contributed by atoms with Crippen LogP contribution >= 0.6 is 0 Å². The van der Waals surface area contributed by atoms with Gasteiger partial charge in [0.1, 0.15) is 5.56 Å². The molecule has 0 fully saturated rings. The van der Waals surface area contributed by atoms with Crippen LogP contribution in [0.4, 0.5) is 17.6 Å². The van der Waals surface area contributed by atoms with Crippen molar-refractivity contribution in [3.63, 3.8) is 0 Å². The molecule has 94 valence electrons. The average Bonchev–Trinajstić information content (AvgIpc) is 2.17. The molecule has 0 amide bonds. The van der Waals surface area contributed by atoms with Gasteiger partial charge in [-0.2, -0.15) is 4.39 Å². The number of carbonyl (C=O) groups is 1. The van der Waals surface area contributed by atoms with Gasteiger partial charge in [-0.25, -0.2) is 9.78 Å². The Morgan fingerprint density at radius 3 is 2.53 bits per heavy atom. The number of aromatic carboxylic acids is 1. The second-order valence-corrected chi connectivity index (χ2v) is 2.82. The van der Waals surface area contributed by atoms with Gasteiger partial charge in [-0.3, -0.25) is 0 Å². The summed E-state index contributed by atoms with van der Waals surface area (Å²) in [6.07, 6.45) is -4.61. The molecule has 1 aromatic heterocycles. The third kappa shape index (κ3) is 3.03. The largest absolute Gasteiger partial charge is 0.573 e. The summed E-state index contributed by atoms with van der Waals surface area (Å²) in [4.78, 5) is 13.5. The van der Waals surface area contributed by atoms with E-state index in [2.05, 4.69) is 9.72 Å². The SMILES string of the molecule is NCc1c(OC(F)(F)F)cnc(F)c1C(=O)O. The quantitative estimate of drug-likeness (QED) is 0.626. The highest BCUT2D eigenvalue weighted by atomic mass is 19.4. The van der Waals surface area contributed by atoms with E-state index in [9.17, 15) is 22.4 Å². The van der Waals surface area contributed by atoms with Gasteiger partial charge in [0, 0.05) is 12.1 Å². The van der Waals surface area contributed by atoms with E-state index in [1.54, 1.807) is 0 Å². The molecule has 1 aromatic rings. The predicted octanol–water partition coefficient (Wildman–Crippen LogP) is 1.28. The number of pyridine rings is 1. The molecule has 0 saturated heterocycles. The Balaban J connectivity index is 3.33. The Bertz CT molecular complexity index is 447. The van der Waals surface area contributed by atoms with Crippen LogP contribution in [0.2, 0.25) is 0 Å². The van der Waals surface area contributed by atoms with Gasteiger partial charge in [-0.1, -0.05) is 0 Å². The normalized spacial score (nSPS) is 11.4. The molecule has 0 aromatic carbocycles. The Morgan fingerprint density at radius 2 is 2.12 bits per heavy atom. The van der Waals surface area contributed by atoms with E-state index < -0.39 is 41.7 Å². The van der Waals surface area contributed by atoms with Crippen LogP contribution in [0.5, 0.6) is 5.75 Å². The Labute approximate surface area is 91.8 Å². The zero-order valence-electron chi connectivity index (χ0n) is 8.08. The molecule has 17 heavy (non-hydrogen) atoms. The van der Waals surface area contributed by atoms with Crippen LogP contribution in [0.25, 0.3) is 0 Å². The lowest BCUT2D eigenvalue weighted by molar-refractivity contribution is -0.275. The van der Waals surface area contributed by atoms with Gasteiger partial charge in [-0.15, -0.1) is 13.2 Å². The average molecular weight is 254 g/mol. The van der Waals surface area contributed by atoms with Crippen molar-refractivity contribution >= 4 is 5.97 Å². The van der Waals surface area contributed by atoms with Gasteiger partial charge in [0.05, 0.1) is 6.20 Å². The highest BCUT2D eigenvalue weighted by Gasteiger charge is 2.33. The van der Waals surface area contributed by atoms with Crippen molar-refractivity contribution in [2.45, 2.75) is 12.9 Å². The third-order valence-corrected chi connectivity index (χ3v) is 1.74. The van der Waals surface area contributed by atoms with Gasteiger partial charge < -0.3 is 15.6 Å². The summed E-state index contributed by atoms with van der Waals surface area (Å²) < 4.78 is 52.4. The maximum atomic E-state index is 13.0. The molecule has 5 nitrogen and oxygen atoms in total. The summed E-state index contributed by atoms with van der Waals surface area (Å²) in [5.41, 5.74) is 3.43. The molecule has 0 aliphatic heterocycles. The van der Waals surface area contributed by atoms with Gasteiger partial charge in [0.15, 0.2) is 5.75 Å². The number of hydrogen-bond donors (Lipinski definition) is 2. The number of nitrogens with zero attached hydrogens (tertiary/aromatic N) is 1. The van der Waals surface area contributed by atoms with Crippen molar-refractivity contribution in [2.24, 2.45) is 5.73 Å². The number of carboxylic acids is 1. The molecular formula is C8H6F4N2O3. The second-order valence-electron chi connectivity index (χ2n) is 2.82. The molecule has 0 spiro atoms. The van der Waals surface area contributed by atoms with Crippen LogP contribution in [0.15, 0.2) is 6.20 Å². The van der Waals surface area contributed by atoms with Crippen LogP contribution in [-0.2, 0) is 6.54 Å². The molecule has 9 heteroatoms. The number of rotatable bonds is 3. The maximum Gasteiger partial charge on any atom is 0.573 e. The lowest BCUT2D eigenvalue weighted by Gasteiger charge is -2.13. The van der Waals surface area contributed by atoms with Crippen LogP contribution < -0.4 is 10.5 Å². The summed E-state index contributed by atoms with van der Waals surface area (Å²) >= 11 is 0. The smallest absolute Gasteiger partial charge is 0.478 e. The Kier molecular flexibility index (Phi) is 3.51. The zero-order chi connectivity index (χ0) is 13.2. The molecule has 0 bridgehead atoms. The van der Waals surface area contributed by atoms with Crippen molar-refractivity contribution in [1.29, 1.82) is 0 Å². The first-order valence-electron chi connectivity index (χ1n) is 4.12. The number of nitrogens with two attached hydrogens (primary N) is 1. The lowest BCUT2D eigenvalue weighted by Crippen LogP contribution is -2.21. The van der Waals surface area contributed by atoms with Crippen molar-refractivity contribution in [2.75, 3.05) is 0 Å². The number of alkyl halides is 3. The number of ether oxygens (including phenoxy) is 1. The van der Waals surface area contributed by atoms with Crippen molar-refractivity contribution in [1.82, 2.24) is 4.98 Å². The first-order chi connectivity index (χ1) is 7.76. The summed E-state index contributed by atoms with van der Waals surface area (Å²) in [5, 5.41) is 8.63. The van der Waals surface area contributed by atoms with E-state index in [0.29, 0.717) is 6.20 Å². The summed E-state index contributed by atoms with van der Waals surface area (Å²) in [6, 6.07) is 0. The standard InChI is InChI=1S/C8H6F4N2O3/c9-6-5(7(15)16)3(1-13)4(2-14-6)17-8(10,11)12/h2H,1,13H2,(H,15,16). The van der Waals surface area contributed by atoms with E-state index in [4.69, 9.17) is 10.8 Å².